The molecule has 0 unspecified atom stereocenters. The van der Waals surface area contributed by atoms with Crippen LogP contribution in [0.3, 0.4) is 0 Å². The van der Waals surface area contributed by atoms with Crippen LogP contribution in [0.2, 0.25) is 0 Å². The predicted molar refractivity (Wildman–Crippen MR) is 288 cm³/mol. The van der Waals surface area contributed by atoms with Crippen molar-refractivity contribution in [3.63, 3.8) is 0 Å². The molecule has 18 nitrogen and oxygen atoms in total. The molecular weight excluding hydrogens is 1030 g/mol. The second-order valence-corrected chi connectivity index (χ2v) is 21.7. The van der Waals surface area contributed by atoms with Gasteiger partial charge in [-0.05, 0) is 72.4 Å². The first-order valence-electron chi connectivity index (χ1n) is 26.6. The van der Waals surface area contributed by atoms with Crippen LogP contribution in [0.15, 0.2) is 126 Å². The van der Waals surface area contributed by atoms with E-state index in [1.54, 1.807) is 93.6 Å². The number of fused-ring (bicyclic) bond motifs is 5. The lowest BCUT2D eigenvalue weighted by Gasteiger charge is -2.67. The van der Waals surface area contributed by atoms with Crippen molar-refractivity contribution in [2.24, 2.45) is 16.7 Å². The third kappa shape index (κ3) is 11.8. The molecule has 18 heteroatoms. The number of benzene rings is 4. The summed E-state index contributed by atoms with van der Waals surface area (Å²) in [7, 11) is 1.38. The Hall–Kier alpha value is -7.35. The number of aliphatic hydroxyl groups is 2. The van der Waals surface area contributed by atoms with E-state index in [0.717, 1.165) is 12.5 Å². The lowest BCUT2D eigenvalue weighted by Crippen LogP contribution is -2.81. The summed E-state index contributed by atoms with van der Waals surface area (Å²) in [6.07, 6.45) is -7.71. The van der Waals surface area contributed by atoms with Crippen LogP contribution in [0.25, 0.3) is 6.08 Å². The third-order valence-corrected chi connectivity index (χ3v) is 16.2. The van der Waals surface area contributed by atoms with Crippen molar-refractivity contribution in [3.8, 4) is 11.5 Å². The number of ether oxygens (including phenoxy) is 8. The minimum absolute atomic E-state index is 0.0525. The maximum Gasteiger partial charge on any atom is 0.350 e. The number of allylic oxidation sites excluding steroid dienone is 1. The second kappa shape index (κ2) is 24.2. The number of carbonyl (C=O) groups is 7. The normalized spacial score (nSPS) is 27.4. The van der Waals surface area contributed by atoms with E-state index in [4.69, 9.17) is 37.9 Å². The first-order valence-corrected chi connectivity index (χ1v) is 26.6. The summed E-state index contributed by atoms with van der Waals surface area (Å²) in [5, 5.41) is 29.8. The molecule has 4 aromatic rings. The topological polar surface area (TPSA) is 246 Å². The van der Waals surface area contributed by atoms with Crippen LogP contribution in [0.5, 0.6) is 11.5 Å². The third-order valence-electron chi connectivity index (χ3n) is 16.2. The Bertz CT molecular complexity index is 3030. The SMILES string of the molecule is COc1cc(/C=C/C(C)=O)ccc1OC(=O)CCC(=O)O[C@@H](C(=O)O[C@H]1C[C@@]2(O)[C@@H](OCc3ccccc3)[C@@H]3[C@]4(OC(C)=O)CO[C@@H]4C[C@H](O)[C@@]3(C)C(=O)[C@H](OC(C)=O)C(=C1C)C2(C)C)[C@@H](NCc1ccccc1)c1ccccc1. The van der Waals surface area contributed by atoms with Gasteiger partial charge in [-0.2, -0.15) is 0 Å². The van der Waals surface area contributed by atoms with Crippen molar-refractivity contribution in [2.75, 3.05) is 13.7 Å². The van der Waals surface area contributed by atoms with Crippen LogP contribution < -0.4 is 14.8 Å². The number of Topliss-reactive ketones (excluding diaryl/α,β-unsaturated/α-hetero) is 1. The van der Waals surface area contributed by atoms with E-state index < -0.39 is 126 Å². The molecule has 80 heavy (non-hydrogen) atoms. The van der Waals surface area contributed by atoms with Gasteiger partial charge in [0.15, 0.2) is 34.8 Å². The molecule has 4 aliphatic rings. The maximum absolute atomic E-state index is 15.8. The summed E-state index contributed by atoms with van der Waals surface area (Å²) >= 11 is 0. The molecule has 0 radical (unpaired) electrons. The highest BCUT2D eigenvalue weighted by atomic mass is 16.6. The minimum atomic E-state index is -2.23. The molecule has 1 saturated heterocycles. The molecule has 3 fully saturated rings. The number of methoxy groups -OCH3 is 1. The lowest BCUT2D eigenvalue weighted by molar-refractivity contribution is -0.351. The van der Waals surface area contributed by atoms with Crippen molar-refractivity contribution >= 4 is 47.5 Å². The first-order chi connectivity index (χ1) is 38.0. The van der Waals surface area contributed by atoms with Crippen LogP contribution in [0, 0.1) is 16.7 Å². The van der Waals surface area contributed by atoms with Gasteiger partial charge in [0, 0.05) is 44.6 Å². The van der Waals surface area contributed by atoms with Crippen LogP contribution >= 0.6 is 0 Å². The molecule has 1 heterocycles. The molecule has 2 saturated carbocycles. The molecule has 0 spiro atoms. The van der Waals surface area contributed by atoms with Crippen LogP contribution in [0.1, 0.15) is 102 Å². The highest BCUT2D eigenvalue weighted by molar-refractivity contribution is 5.95. The van der Waals surface area contributed by atoms with Gasteiger partial charge in [0.05, 0.1) is 56.8 Å². The Morgan fingerprint density at radius 1 is 0.812 bits per heavy atom. The van der Waals surface area contributed by atoms with Gasteiger partial charge >= 0.3 is 29.8 Å². The number of hydrogen-bond donors (Lipinski definition) is 3. The van der Waals surface area contributed by atoms with Gasteiger partial charge in [-0.1, -0.05) is 117 Å². The van der Waals surface area contributed by atoms with Crippen molar-refractivity contribution in [1.82, 2.24) is 5.32 Å². The summed E-state index contributed by atoms with van der Waals surface area (Å²) in [6, 6.07) is 30.6. The summed E-state index contributed by atoms with van der Waals surface area (Å²) in [5.41, 5.74) is -4.52. The molecule has 8 rings (SSSR count). The van der Waals surface area contributed by atoms with E-state index >= 15 is 9.59 Å². The number of rotatable bonds is 20. The van der Waals surface area contributed by atoms with Gasteiger partial charge in [0.1, 0.15) is 17.8 Å². The monoisotopic (exact) mass is 1100 g/mol. The average Bonchev–Trinajstić information content (AvgIpc) is 3.62. The van der Waals surface area contributed by atoms with Crippen LogP contribution in [0.4, 0.5) is 0 Å². The standard InChI is InChI=1S/C62H69NO17/c1-36(64)24-25-40-26-27-44(45(30-40)73-8)77-49(68)28-29-50(69)79-54(52(43-22-16-11-17-23-43)63-33-41-18-12-9-13-19-41)58(71)78-46-32-62(72)57(74-34-42-20-14-10-15-21-42)55-60(7,47(67)31-48-61(55,35-75-48)80-39(4)66)56(70)53(76-38(3)65)51(37(46)2)59(62,5)6/h9-27,30,46-48,52-55,57,63,67,72H,28-29,31-35H2,1-8H3/b25-24+/t46-,47-,48+,52-,53+,54+,55-,57-,60+,61-,62+/m0/s1. The summed E-state index contributed by atoms with van der Waals surface area (Å²) < 4.78 is 48.9. The van der Waals surface area contributed by atoms with E-state index in [0.29, 0.717) is 16.7 Å². The molecule has 3 N–H and O–H groups in total. The first kappa shape index (κ1) is 58.8. The van der Waals surface area contributed by atoms with Crippen LogP contribution in [-0.4, -0.2) is 113 Å². The zero-order valence-corrected chi connectivity index (χ0v) is 46.1. The second-order valence-electron chi connectivity index (χ2n) is 21.7. The van der Waals surface area contributed by atoms with Gasteiger partial charge < -0.3 is 53.4 Å². The number of hydrogen-bond acceptors (Lipinski definition) is 18. The van der Waals surface area contributed by atoms with Gasteiger partial charge in [-0.25, -0.2) is 4.79 Å². The van der Waals surface area contributed by atoms with Gasteiger partial charge in [-0.3, -0.25) is 28.8 Å². The van der Waals surface area contributed by atoms with Gasteiger partial charge in [0.25, 0.3) is 0 Å². The van der Waals surface area contributed by atoms with Crippen molar-refractivity contribution in [3.05, 3.63) is 149 Å². The van der Waals surface area contributed by atoms with E-state index in [-0.39, 0.29) is 54.6 Å². The number of esters is 5. The maximum atomic E-state index is 15.8. The Balaban J connectivity index is 1.20. The van der Waals surface area contributed by atoms with E-state index in [1.165, 1.54) is 40.0 Å². The highest BCUT2D eigenvalue weighted by Gasteiger charge is 2.77. The minimum Gasteiger partial charge on any atom is -0.493 e. The lowest BCUT2D eigenvalue weighted by atomic mass is 9.44. The molecule has 0 aromatic heterocycles. The summed E-state index contributed by atoms with van der Waals surface area (Å²) in [6.45, 7) is 9.95. The van der Waals surface area contributed by atoms with Crippen molar-refractivity contribution < 1.29 is 81.7 Å². The quantitative estimate of drug-likeness (QED) is 0.0265. The molecule has 3 aliphatic carbocycles. The van der Waals surface area contributed by atoms with Gasteiger partial charge in [0.2, 0.25) is 6.10 Å². The molecule has 0 amide bonds. The number of aliphatic hydroxyl groups excluding tert-OH is 1. The zero-order chi connectivity index (χ0) is 57.7. The highest BCUT2D eigenvalue weighted by Crippen LogP contribution is 2.64. The molecule has 11 atom stereocenters. The van der Waals surface area contributed by atoms with Gasteiger partial charge in [-0.15, -0.1) is 0 Å². The molecule has 1 aliphatic heterocycles. The zero-order valence-electron chi connectivity index (χ0n) is 46.1. The molecule has 4 aromatic carbocycles. The van der Waals surface area contributed by atoms with Crippen molar-refractivity contribution in [2.45, 2.75) is 141 Å². The summed E-state index contributed by atoms with van der Waals surface area (Å²) in [4.78, 5) is 96.9. The van der Waals surface area contributed by atoms with Crippen LogP contribution in [-0.2, 0) is 75.1 Å². The fourth-order valence-electron chi connectivity index (χ4n) is 12.1. The predicted octanol–water partition coefficient (Wildman–Crippen LogP) is 7.00. The Labute approximate surface area is 464 Å². The number of ketones is 2. The molecule has 424 valence electrons. The summed E-state index contributed by atoms with van der Waals surface area (Å²) in [5.74, 6) is -6.58. The van der Waals surface area contributed by atoms with E-state index in [9.17, 15) is 34.2 Å². The fraction of sp³-hybridized carbons (Fsp3) is 0.435. The largest absolute Gasteiger partial charge is 0.493 e. The Kier molecular flexibility index (Phi) is 17.8. The fourth-order valence-corrected chi connectivity index (χ4v) is 12.1. The molecular formula is C62H69NO17. The van der Waals surface area contributed by atoms with Crippen molar-refractivity contribution in [1.29, 1.82) is 0 Å². The number of nitrogens with one attached hydrogen (secondary N) is 1. The van der Waals surface area contributed by atoms with E-state index in [2.05, 4.69) is 5.32 Å². The van der Waals surface area contributed by atoms with E-state index in [1.807, 2.05) is 36.4 Å². The Morgan fingerprint density at radius 3 is 2.05 bits per heavy atom. The average molecular weight is 1100 g/mol. The smallest absolute Gasteiger partial charge is 0.350 e. The number of carbonyl (C=O) groups excluding carboxylic acids is 7. The molecule has 2 bridgehead atoms. The Morgan fingerprint density at radius 2 is 1.45 bits per heavy atom.